The van der Waals surface area contributed by atoms with Crippen LogP contribution in [0.3, 0.4) is 0 Å². The first-order chi connectivity index (χ1) is 13.3. The van der Waals surface area contributed by atoms with Crippen molar-refractivity contribution in [1.82, 2.24) is 9.80 Å². The summed E-state index contributed by atoms with van der Waals surface area (Å²) in [5.74, 6) is -0.177. The summed E-state index contributed by atoms with van der Waals surface area (Å²) in [6, 6.07) is 12.3. The first-order valence-corrected chi connectivity index (χ1v) is 9.74. The lowest BCUT2D eigenvalue weighted by molar-refractivity contribution is -0.143. The lowest BCUT2D eigenvalue weighted by atomic mass is 9.93. The van der Waals surface area contributed by atoms with E-state index in [9.17, 15) is 14.4 Å². The Morgan fingerprint density at radius 1 is 1.04 bits per heavy atom. The number of carbonyl (C=O) groups excluding carboxylic acids is 3. The van der Waals surface area contributed by atoms with Crippen LogP contribution in [0.4, 0.5) is 10.5 Å². The molecule has 2 bridgehead atoms. The molecule has 144 valence electrons. The fraction of sp³-hybridized carbons (Fsp3) is 0.409. The van der Waals surface area contributed by atoms with Crippen LogP contribution in [-0.2, 0) is 9.59 Å². The zero-order valence-corrected chi connectivity index (χ0v) is 16.3. The second-order valence-electron chi connectivity index (χ2n) is 8.97. The minimum Gasteiger partial charge on any atom is -0.334 e. The third kappa shape index (κ3) is 2.17. The van der Waals surface area contributed by atoms with Gasteiger partial charge < -0.3 is 9.80 Å². The highest BCUT2D eigenvalue weighted by Crippen LogP contribution is 2.44. The van der Waals surface area contributed by atoms with Crippen molar-refractivity contribution in [3.63, 3.8) is 0 Å². The van der Waals surface area contributed by atoms with Crippen molar-refractivity contribution in [3.8, 4) is 0 Å². The minimum atomic E-state index is -0.573. The summed E-state index contributed by atoms with van der Waals surface area (Å²) in [7, 11) is 0. The van der Waals surface area contributed by atoms with Gasteiger partial charge in [-0.2, -0.15) is 0 Å². The Morgan fingerprint density at radius 3 is 2.50 bits per heavy atom. The van der Waals surface area contributed by atoms with Gasteiger partial charge in [-0.15, -0.1) is 0 Å². The molecule has 0 saturated carbocycles. The maximum absolute atomic E-state index is 13.4. The van der Waals surface area contributed by atoms with Crippen LogP contribution in [-0.4, -0.2) is 52.3 Å². The van der Waals surface area contributed by atoms with Gasteiger partial charge in [0.25, 0.3) is 5.91 Å². The van der Waals surface area contributed by atoms with E-state index in [0.29, 0.717) is 18.7 Å². The summed E-state index contributed by atoms with van der Waals surface area (Å²) in [5.41, 5.74) is 0.117. The van der Waals surface area contributed by atoms with Crippen LogP contribution in [0.1, 0.15) is 27.2 Å². The first kappa shape index (κ1) is 17.2. The number of rotatable bonds is 1. The summed E-state index contributed by atoms with van der Waals surface area (Å²) >= 11 is 0. The van der Waals surface area contributed by atoms with E-state index < -0.39 is 11.5 Å². The van der Waals surface area contributed by atoms with Gasteiger partial charge in [-0.25, -0.2) is 9.69 Å². The molecule has 3 saturated heterocycles. The van der Waals surface area contributed by atoms with Crippen LogP contribution >= 0.6 is 0 Å². The largest absolute Gasteiger partial charge is 0.334 e. The van der Waals surface area contributed by atoms with Gasteiger partial charge >= 0.3 is 6.03 Å². The van der Waals surface area contributed by atoms with Gasteiger partial charge in [0.15, 0.2) is 0 Å². The third-order valence-corrected chi connectivity index (χ3v) is 6.17. The highest BCUT2D eigenvalue weighted by molar-refractivity contribution is 6.25. The van der Waals surface area contributed by atoms with E-state index in [1.54, 1.807) is 4.90 Å². The van der Waals surface area contributed by atoms with Crippen LogP contribution in [0.2, 0.25) is 0 Å². The predicted octanol–water partition coefficient (Wildman–Crippen LogP) is 3.01. The molecule has 6 nitrogen and oxygen atoms in total. The summed E-state index contributed by atoms with van der Waals surface area (Å²) in [5, 5.41) is 1.86. The fourth-order valence-electron chi connectivity index (χ4n) is 4.95. The summed E-state index contributed by atoms with van der Waals surface area (Å²) in [4.78, 5) is 44.3. The number of carbonyl (C=O) groups is 3. The molecule has 2 aromatic carbocycles. The molecule has 3 heterocycles. The molecule has 0 N–H and O–H groups in total. The van der Waals surface area contributed by atoms with Gasteiger partial charge in [0.2, 0.25) is 5.91 Å². The number of likely N-dealkylation sites (tertiary alicyclic amines) is 1. The van der Waals surface area contributed by atoms with Crippen molar-refractivity contribution in [3.05, 3.63) is 42.5 Å². The second-order valence-corrected chi connectivity index (χ2v) is 8.97. The molecule has 0 spiro atoms. The smallest absolute Gasteiger partial charge is 0.332 e. The van der Waals surface area contributed by atoms with Crippen LogP contribution in [0.25, 0.3) is 10.8 Å². The molecule has 0 aromatic heterocycles. The number of fused-ring (bicyclic) bond motifs is 6. The van der Waals surface area contributed by atoms with E-state index in [0.717, 1.165) is 10.8 Å². The Labute approximate surface area is 163 Å². The molecule has 3 fully saturated rings. The molecule has 5 rings (SSSR count). The highest BCUT2D eigenvalue weighted by Gasteiger charge is 2.63. The molecule has 0 unspecified atom stereocenters. The lowest BCUT2D eigenvalue weighted by Gasteiger charge is -2.37. The number of piperazine rings is 1. The van der Waals surface area contributed by atoms with Gasteiger partial charge in [-0.1, -0.05) is 57.2 Å². The number of amides is 4. The van der Waals surface area contributed by atoms with E-state index in [-0.39, 0.29) is 29.9 Å². The van der Waals surface area contributed by atoms with Gasteiger partial charge in [0.1, 0.15) is 6.04 Å². The van der Waals surface area contributed by atoms with Crippen molar-refractivity contribution < 1.29 is 14.4 Å². The lowest BCUT2D eigenvalue weighted by Crippen LogP contribution is -2.56. The Kier molecular flexibility index (Phi) is 3.42. The number of urea groups is 1. The Bertz CT molecular complexity index is 1020. The molecule has 2 aromatic rings. The molecule has 0 aliphatic carbocycles. The Hall–Kier alpha value is -2.89. The van der Waals surface area contributed by atoms with Crippen molar-refractivity contribution in [1.29, 1.82) is 0 Å². The first-order valence-electron chi connectivity index (χ1n) is 9.74. The Morgan fingerprint density at radius 2 is 1.75 bits per heavy atom. The topological polar surface area (TPSA) is 60.9 Å². The zero-order chi connectivity index (χ0) is 19.8. The summed E-state index contributed by atoms with van der Waals surface area (Å²) < 4.78 is 0. The van der Waals surface area contributed by atoms with Crippen LogP contribution in [0, 0.1) is 5.41 Å². The summed E-state index contributed by atoms with van der Waals surface area (Å²) in [6.07, 6.45) is 0.688. The molecule has 3 aliphatic heterocycles. The van der Waals surface area contributed by atoms with Crippen molar-refractivity contribution in [2.75, 3.05) is 11.4 Å². The SMILES string of the molecule is CC(C)(C)C(=O)N1C[C@@H]2C[C@H]1[C@H]1C(=O)N(c3cccc4ccccc34)C(=O)N21. The monoisotopic (exact) mass is 377 g/mol. The maximum atomic E-state index is 13.4. The van der Waals surface area contributed by atoms with Crippen LogP contribution in [0.5, 0.6) is 0 Å². The van der Waals surface area contributed by atoms with Crippen LogP contribution < -0.4 is 4.90 Å². The predicted molar refractivity (Wildman–Crippen MR) is 106 cm³/mol. The molecule has 3 aliphatic rings. The van der Waals surface area contributed by atoms with Crippen molar-refractivity contribution in [2.45, 2.75) is 45.3 Å². The van der Waals surface area contributed by atoms with E-state index in [1.807, 2.05) is 68.1 Å². The Balaban J connectivity index is 1.54. The van der Waals surface area contributed by atoms with Gasteiger partial charge in [-0.05, 0) is 17.9 Å². The molecule has 4 amide bonds. The van der Waals surface area contributed by atoms with Gasteiger partial charge in [-0.3, -0.25) is 9.59 Å². The van der Waals surface area contributed by atoms with Crippen molar-refractivity contribution in [2.24, 2.45) is 5.41 Å². The number of benzene rings is 2. The minimum absolute atomic E-state index is 0.0449. The van der Waals surface area contributed by atoms with E-state index >= 15 is 0 Å². The summed E-state index contributed by atoms with van der Waals surface area (Å²) in [6.45, 7) is 6.19. The maximum Gasteiger partial charge on any atom is 0.332 e. The standard InChI is InChI=1S/C22H23N3O3/c1-22(2,3)20(27)23-12-14-11-17(23)18-19(26)25(21(28)24(14)18)16-10-6-8-13-7-4-5-9-15(13)16/h4-10,14,17-18H,11-12H2,1-3H3/t14-,17-,18-/m0/s1. The number of anilines is 1. The fourth-order valence-corrected chi connectivity index (χ4v) is 4.95. The number of hydrogen-bond donors (Lipinski definition) is 0. The van der Waals surface area contributed by atoms with Crippen molar-refractivity contribution >= 4 is 34.3 Å². The second kappa shape index (κ2) is 5.56. The van der Waals surface area contributed by atoms with E-state index in [1.165, 1.54) is 4.90 Å². The number of nitrogens with zero attached hydrogens (tertiary/aromatic N) is 3. The molecular weight excluding hydrogens is 354 g/mol. The molecular formula is C22H23N3O3. The number of imide groups is 1. The molecule has 0 radical (unpaired) electrons. The van der Waals surface area contributed by atoms with E-state index in [2.05, 4.69) is 0 Å². The molecule has 3 atom stereocenters. The zero-order valence-electron chi connectivity index (χ0n) is 16.3. The normalized spacial score (nSPS) is 26.5. The third-order valence-electron chi connectivity index (χ3n) is 6.17. The number of hydrogen-bond acceptors (Lipinski definition) is 3. The quantitative estimate of drug-likeness (QED) is 0.718. The highest BCUT2D eigenvalue weighted by atomic mass is 16.2. The average Bonchev–Trinajstić information content (AvgIpc) is 3.31. The van der Waals surface area contributed by atoms with Gasteiger partial charge in [0.05, 0.1) is 17.8 Å². The average molecular weight is 377 g/mol. The molecule has 28 heavy (non-hydrogen) atoms. The van der Waals surface area contributed by atoms with E-state index in [4.69, 9.17) is 0 Å². The van der Waals surface area contributed by atoms with Gasteiger partial charge in [0, 0.05) is 17.3 Å². The van der Waals surface area contributed by atoms with Crippen LogP contribution in [0.15, 0.2) is 42.5 Å². The molecule has 6 heteroatoms.